The maximum Gasteiger partial charge on any atom is 0.210 e. The fourth-order valence-electron chi connectivity index (χ4n) is 3.25. The van der Waals surface area contributed by atoms with Gasteiger partial charge >= 0.3 is 0 Å². The number of rotatable bonds is 11. The van der Waals surface area contributed by atoms with Crippen molar-refractivity contribution in [3.05, 3.63) is 88.2 Å². The molecule has 0 bridgehead atoms. The molecule has 0 aliphatic carbocycles. The molecule has 0 aliphatic rings. The number of halogens is 2. The van der Waals surface area contributed by atoms with E-state index in [1.54, 1.807) is 29.4 Å². The SMILES string of the molecule is N#Cc1ccc(Cn2cncc2CNCCCN(C=O)Cc2cc(F)cc(Cl)c2)cc1. The normalized spacial score (nSPS) is 10.6. The van der Waals surface area contributed by atoms with Crippen LogP contribution in [-0.4, -0.2) is 34.0 Å². The Morgan fingerprint density at radius 2 is 2.03 bits per heavy atom. The van der Waals surface area contributed by atoms with E-state index in [0.29, 0.717) is 42.3 Å². The first-order valence-electron chi connectivity index (χ1n) is 9.90. The van der Waals surface area contributed by atoms with Crippen LogP contribution in [0.4, 0.5) is 4.39 Å². The van der Waals surface area contributed by atoms with E-state index in [4.69, 9.17) is 16.9 Å². The van der Waals surface area contributed by atoms with Crippen LogP contribution in [0.5, 0.6) is 0 Å². The number of amides is 1. The Hall–Kier alpha value is -3.21. The Morgan fingerprint density at radius 1 is 1.23 bits per heavy atom. The monoisotopic (exact) mass is 439 g/mol. The minimum absolute atomic E-state index is 0.318. The standard InChI is InChI=1S/C23H23ClFN5O/c24-21-8-20(9-22(25)10-21)14-29(17-31)7-1-6-27-12-23-13-28-16-30(23)15-19-4-2-18(11-26)3-5-19/h2-5,8-10,13,16-17,27H,1,6-7,12,14-15H2. The Bertz CT molecular complexity index is 1020. The zero-order valence-electron chi connectivity index (χ0n) is 17.0. The first-order valence-corrected chi connectivity index (χ1v) is 10.3. The number of carbonyl (C=O) groups is 1. The maximum atomic E-state index is 13.5. The third kappa shape index (κ3) is 6.92. The van der Waals surface area contributed by atoms with Gasteiger partial charge < -0.3 is 14.8 Å². The summed E-state index contributed by atoms with van der Waals surface area (Å²) in [4.78, 5) is 17.2. The Kier molecular flexibility index (Phi) is 8.16. The minimum Gasteiger partial charge on any atom is -0.341 e. The molecule has 2 aromatic carbocycles. The van der Waals surface area contributed by atoms with Crippen LogP contribution in [-0.2, 0) is 24.4 Å². The molecular weight excluding hydrogens is 417 g/mol. The lowest BCUT2D eigenvalue weighted by Crippen LogP contribution is -2.26. The molecule has 31 heavy (non-hydrogen) atoms. The molecule has 1 N–H and O–H groups in total. The molecule has 0 saturated carbocycles. The molecule has 1 amide bonds. The molecule has 3 aromatic rings. The average Bonchev–Trinajstić information content (AvgIpc) is 3.19. The van der Waals surface area contributed by atoms with E-state index in [2.05, 4.69) is 20.9 Å². The third-order valence-electron chi connectivity index (χ3n) is 4.80. The van der Waals surface area contributed by atoms with Gasteiger partial charge in [-0.15, -0.1) is 0 Å². The molecule has 1 heterocycles. The number of hydrogen-bond acceptors (Lipinski definition) is 4. The van der Waals surface area contributed by atoms with Crippen molar-refractivity contribution in [3.63, 3.8) is 0 Å². The van der Waals surface area contributed by atoms with Gasteiger partial charge in [-0.3, -0.25) is 4.79 Å². The van der Waals surface area contributed by atoms with Crippen LogP contribution in [0.2, 0.25) is 5.02 Å². The van der Waals surface area contributed by atoms with Crippen LogP contribution in [0.25, 0.3) is 0 Å². The van der Waals surface area contributed by atoms with Crippen LogP contribution in [0.3, 0.4) is 0 Å². The first kappa shape index (κ1) is 22.5. The third-order valence-corrected chi connectivity index (χ3v) is 5.01. The largest absolute Gasteiger partial charge is 0.341 e. The highest BCUT2D eigenvalue weighted by atomic mass is 35.5. The molecule has 0 saturated heterocycles. The minimum atomic E-state index is -0.410. The summed E-state index contributed by atoms with van der Waals surface area (Å²) in [5.41, 5.74) is 3.45. The number of nitrogens with zero attached hydrogens (tertiary/aromatic N) is 4. The number of imidazole rings is 1. The Labute approximate surface area is 185 Å². The topological polar surface area (TPSA) is 74.0 Å². The van der Waals surface area contributed by atoms with Crippen LogP contribution in [0, 0.1) is 17.1 Å². The van der Waals surface area contributed by atoms with E-state index < -0.39 is 5.82 Å². The smallest absolute Gasteiger partial charge is 0.210 e. The van der Waals surface area contributed by atoms with Crippen molar-refractivity contribution in [2.75, 3.05) is 13.1 Å². The van der Waals surface area contributed by atoms with Crippen molar-refractivity contribution >= 4 is 18.0 Å². The lowest BCUT2D eigenvalue weighted by Gasteiger charge is -2.18. The average molecular weight is 440 g/mol. The molecular formula is C23H23ClFN5O. The zero-order valence-corrected chi connectivity index (χ0v) is 17.7. The van der Waals surface area contributed by atoms with Crippen LogP contribution >= 0.6 is 11.6 Å². The predicted molar refractivity (Wildman–Crippen MR) is 117 cm³/mol. The van der Waals surface area contributed by atoms with E-state index in [9.17, 15) is 9.18 Å². The second kappa shape index (κ2) is 11.3. The molecule has 8 heteroatoms. The molecule has 0 fully saturated rings. The number of carbonyl (C=O) groups excluding carboxylic acids is 1. The summed E-state index contributed by atoms with van der Waals surface area (Å²) in [6.45, 7) is 2.92. The highest BCUT2D eigenvalue weighted by Crippen LogP contribution is 2.15. The van der Waals surface area contributed by atoms with Gasteiger partial charge in [0, 0.05) is 37.4 Å². The molecule has 3 rings (SSSR count). The van der Waals surface area contributed by atoms with E-state index in [0.717, 1.165) is 30.6 Å². The molecule has 160 valence electrons. The second-order valence-electron chi connectivity index (χ2n) is 7.21. The van der Waals surface area contributed by atoms with Gasteiger partial charge in [-0.05, 0) is 54.4 Å². The predicted octanol–water partition coefficient (Wildman–Crippen LogP) is 3.73. The summed E-state index contributed by atoms with van der Waals surface area (Å²) in [6.07, 6.45) is 5.13. The van der Waals surface area contributed by atoms with Crippen molar-refractivity contribution in [1.82, 2.24) is 19.8 Å². The van der Waals surface area contributed by atoms with Crippen LogP contribution in [0.15, 0.2) is 55.0 Å². The summed E-state index contributed by atoms with van der Waals surface area (Å²) in [7, 11) is 0. The summed E-state index contributed by atoms with van der Waals surface area (Å²) in [5.74, 6) is -0.410. The van der Waals surface area contributed by atoms with Gasteiger partial charge in [0.15, 0.2) is 0 Å². The first-order chi connectivity index (χ1) is 15.1. The van der Waals surface area contributed by atoms with Crippen molar-refractivity contribution in [1.29, 1.82) is 5.26 Å². The molecule has 0 radical (unpaired) electrons. The number of nitrogens with one attached hydrogen (secondary N) is 1. The Morgan fingerprint density at radius 3 is 2.74 bits per heavy atom. The van der Waals surface area contributed by atoms with E-state index in [1.165, 1.54) is 12.1 Å². The van der Waals surface area contributed by atoms with Gasteiger partial charge in [0.25, 0.3) is 0 Å². The number of nitriles is 1. The quantitative estimate of drug-likeness (QED) is 0.365. The van der Waals surface area contributed by atoms with E-state index in [1.807, 2.05) is 18.3 Å². The molecule has 1 aromatic heterocycles. The fourth-order valence-corrected chi connectivity index (χ4v) is 3.49. The number of benzene rings is 2. The van der Waals surface area contributed by atoms with Gasteiger partial charge in [-0.25, -0.2) is 9.37 Å². The molecule has 0 atom stereocenters. The summed E-state index contributed by atoms with van der Waals surface area (Å²) < 4.78 is 15.5. The van der Waals surface area contributed by atoms with Crippen molar-refractivity contribution in [2.24, 2.45) is 0 Å². The maximum absolute atomic E-state index is 13.5. The van der Waals surface area contributed by atoms with Crippen molar-refractivity contribution in [3.8, 4) is 6.07 Å². The van der Waals surface area contributed by atoms with Gasteiger partial charge in [0.2, 0.25) is 6.41 Å². The lowest BCUT2D eigenvalue weighted by atomic mass is 10.1. The van der Waals surface area contributed by atoms with Crippen molar-refractivity contribution in [2.45, 2.75) is 26.1 Å². The van der Waals surface area contributed by atoms with Gasteiger partial charge in [0.1, 0.15) is 5.82 Å². The number of hydrogen-bond donors (Lipinski definition) is 1. The summed E-state index contributed by atoms with van der Waals surface area (Å²) >= 11 is 5.87. The van der Waals surface area contributed by atoms with Gasteiger partial charge in [0.05, 0.1) is 23.7 Å². The summed E-state index contributed by atoms with van der Waals surface area (Å²) in [5, 5.41) is 12.6. The molecule has 0 spiro atoms. The van der Waals surface area contributed by atoms with Gasteiger partial charge in [-0.1, -0.05) is 23.7 Å². The fraction of sp³-hybridized carbons (Fsp3) is 0.261. The van der Waals surface area contributed by atoms with E-state index >= 15 is 0 Å². The zero-order chi connectivity index (χ0) is 22.1. The molecule has 0 unspecified atom stereocenters. The molecule has 6 nitrogen and oxygen atoms in total. The Balaban J connectivity index is 1.43. The van der Waals surface area contributed by atoms with Crippen LogP contribution in [0.1, 0.15) is 28.8 Å². The van der Waals surface area contributed by atoms with Crippen molar-refractivity contribution < 1.29 is 9.18 Å². The molecule has 0 aliphatic heterocycles. The van der Waals surface area contributed by atoms with E-state index in [-0.39, 0.29) is 0 Å². The highest BCUT2D eigenvalue weighted by Gasteiger charge is 2.07. The lowest BCUT2D eigenvalue weighted by molar-refractivity contribution is -0.118. The van der Waals surface area contributed by atoms with Gasteiger partial charge in [-0.2, -0.15) is 5.26 Å². The highest BCUT2D eigenvalue weighted by molar-refractivity contribution is 6.30. The summed E-state index contributed by atoms with van der Waals surface area (Å²) in [6, 6.07) is 13.9. The number of aromatic nitrogens is 2. The second-order valence-corrected chi connectivity index (χ2v) is 7.64. The van der Waals surface area contributed by atoms with Crippen LogP contribution < -0.4 is 5.32 Å².